The number of likely N-dealkylation sites (tertiary alicyclic amines) is 1. The largest absolute Gasteiger partial charge is 0.466 e. The van der Waals surface area contributed by atoms with Gasteiger partial charge >= 0.3 is 11.9 Å². The van der Waals surface area contributed by atoms with E-state index in [1.54, 1.807) is 7.11 Å². The molecule has 0 aliphatic carbocycles. The first kappa shape index (κ1) is 47.9. The second-order valence-corrected chi connectivity index (χ2v) is 15.9. The Hall–Kier alpha value is -1.14. The number of esters is 2. The normalized spacial score (nSPS) is 16.6. The average molecular weight is 722 g/mol. The van der Waals surface area contributed by atoms with E-state index in [0.717, 1.165) is 71.1 Å². The summed E-state index contributed by atoms with van der Waals surface area (Å²) < 4.78 is 17.1. The highest BCUT2D eigenvalue weighted by Gasteiger charge is 2.30. The van der Waals surface area contributed by atoms with E-state index in [-0.39, 0.29) is 18.0 Å². The molecule has 1 saturated heterocycles. The van der Waals surface area contributed by atoms with Crippen LogP contribution in [0.1, 0.15) is 226 Å². The fourth-order valence-corrected chi connectivity index (χ4v) is 8.06. The lowest BCUT2D eigenvalue weighted by molar-refractivity contribution is -0.150. The second-order valence-electron chi connectivity index (χ2n) is 15.9. The molecule has 2 unspecified atom stereocenters. The molecular formula is C45H87NO5. The van der Waals surface area contributed by atoms with Gasteiger partial charge < -0.3 is 14.2 Å². The Morgan fingerprint density at radius 1 is 0.588 bits per heavy atom. The number of hydrogen-bond donors (Lipinski definition) is 0. The van der Waals surface area contributed by atoms with Crippen molar-refractivity contribution in [1.82, 2.24) is 4.90 Å². The molecular weight excluding hydrogens is 634 g/mol. The highest BCUT2D eigenvalue weighted by molar-refractivity contribution is 5.69. The van der Waals surface area contributed by atoms with Gasteiger partial charge in [0.1, 0.15) is 6.10 Å². The van der Waals surface area contributed by atoms with Gasteiger partial charge in [0.2, 0.25) is 0 Å². The molecule has 0 bridgehead atoms. The van der Waals surface area contributed by atoms with Gasteiger partial charge in [0.25, 0.3) is 0 Å². The summed E-state index contributed by atoms with van der Waals surface area (Å²) in [5.74, 6) is 0.692. The monoisotopic (exact) mass is 722 g/mol. The molecule has 0 N–H and O–H groups in total. The summed E-state index contributed by atoms with van der Waals surface area (Å²) in [6.45, 7) is 10.3. The summed E-state index contributed by atoms with van der Waals surface area (Å²) in [4.78, 5) is 27.9. The quantitative estimate of drug-likeness (QED) is 0.0470. The molecule has 1 fully saturated rings. The van der Waals surface area contributed by atoms with Gasteiger partial charge in [-0.25, -0.2) is 0 Å². The van der Waals surface area contributed by atoms with Gasteiger partial charge in [-0.05, 0) is 83.1 Å². The zero-order valence-corrected chi connectivity index (χ0v) is 34.7. The molecule has 1 heterocycles. The smallest absolute Gasteiger partial charge is 0.306 e. The van der Waals surface area contributed by atoms with E-state index in [1.165, 1.54) is 141 Å². The van der Waals surface area contributed by atoms with E-state index >= 15 is 0 Å². The van der Waals surface area contributed by atoms with Gasteiger partial charge in [-0.15, -0.1) is 0 Å². The molecule has 1 aliphatic rings. The Kier molecular flexibility index (Phi) is 33.7. The number of hydrogen-bond acceptors (Lipinski definition) is 6. The van der Waals surface area contributed by atoms with E-state index < -0.39 is 0 Å². The SMILES string of the molecule is CCCCCCCCCOC(=O)CCCCC1C(CCCCCC(=O)OC(CCCCCCCC)CCCCCCCC)CCCN1CCOC. The van der Waals surface area contributed by atoms with Gasteiger partial charge in [-0.1, -0.05) is 143 Å². The zero-order chi connectivity index (χ0) is 37.0. The number of ether oxygens (including phenoxy) is 3. The Bertz CT molecular complexity index is 760. The van der Waals surface area contributed by atoms with Crippen molar-refractivity contribution < 1.29 is 23.8 Å². The molecule has 0 radical (unpaired) electrons. The molecule has 0 saturated carbocycles. The number of unbranched alkanes of at least 4 members (excludes halogenated alkanes) is 19. The molecule has 302 valence electrons. The van der Waals surface area contributed by atoms with Crippen LogP contribution in [-0.2, 0) is 23.8 Å². The van der Waals surface area contributed by atoms with Crippen LogP contribution < -0.4 is 0 Å². The summed E-state index contributed by atoms with van der Waals surface area (Å²) in [5, 5.41) is 0. The second kappa shape index (κ2) is 35.9. The minimum Gasteiger partial charge on any atom is -0.466 e. The summed E-state index contributed by atoms with van der Waals surface area (Å²) in [5.41, 5.74) is 0. The summed E-state index contributed by atoms with van der Waals surface area (Å²) in [6.07, 6.45) is 37.5. The Balaban J connectivity index is 2.40. The maximum Gasteiger partial charge on any atom is 0.306 e. The Morgan fingerprint density at radius 3 is 1.71 bits per heavy atom. The maximum atomic E-state index is 12.9. The first-order valence-electron chi connectivity index (χ1n) is 22.6. The van der Waals surface area contributed by atoms with Crippen molar-refractivity contribution >= 4 is 11.9 Å². The number of carbonyl (C=O) groups excluding carboxylic acids is 2. The number of methoxy groups -OCH3 is 1. The summed E-state index contributed by atoms with van der Waals surface area (Å²) in [6, 6.07) is 0.562. The van der Waals surface area contributed by atoms with Crippen molar-refractivity contribution in [3.8, 4) is 0 Å². The average Bonchev–Trinajstić information content (AvgIpc) is 3.13. The molecule has 6 nitrogen and oxygen atoms in total. The van der Waals surface area contributed by atoms with Crippen LogP contribution in [0.4, 0.5) is 0 Å². The van der Waals surface area contributed by atoms with E-state index in [4.69, 9.17) is 14.2 Å². The third-order valence-corrected chi connectivity index (χ3v) is 11.3. The Labute approximate surface area is 317 Å². The molecule has 0 amide bonds. The van der Waals surface area contributed by atoms with E-state index in [2.05, 4.69) is 25.7 Å². The highest BCUT2D eigenvalue weighted by Crippen LogP contribution is 2.31. The standard InChI is InChI=1S/C45H87NO5/c1-5-8-11-14-17-20-28-39-50-44(47)35-27-26-34-43-41(31-29-37-46(43)38-40-49-4)30-22-21-25-36-45(48)51-42(32-23-18-15-12-9-6-2)33-24-19-16-13-10-7-3/h41-43H,5-40H2,1-4H3. The maximum absolute atomic E-state index is 12.9. The molecule has 0 aromatic carbocycles. The van der Waals surface area contributed by atoms with Gasteiger partial charge in [-0.2, -0.15) is 0 Å². The van der Waals surface area contributed by atoms with E-state index in [9.17, 15) is 9.59 Å². The first-order chi connectivity index (χ1) is 25.0. The lowest BCUT2D eigenvalue weighted by Crippen LogP contribution is -2.46. The Morgan fingerprint density at radius 2 is 1.10 bits per heavy atom. The van der Waals surface area contributed by atoms with Crippen LogP contribution in [0.5, 0.6) is 0 Å². The predicted octanol–water partition coefficient (Wildman–Crippen LogP) is 12.9. The molecule has 1 aliphatic heterocycles. The van der Waals surface area contributed by atoms with Gasteiger partial charge in [-0.3, -0.25) is 14.5 Å². The third-order valence-electron chi connectivity index (χ3n) is 11.3. The van der Waals surface area contributed by atoms with E-state index in [1.807, 2.05) is 0 Å². The van der Waals surface area contributed by atoms with Crippen LogP contribution in [0.3, 0.4) is 0 Å². The van der Waals surface area contributed by atoms with Crippen molar-refractivity contribution in [2.45, 2.75) is 238 Å². The lowest BCUT2D eigenvalue weighted by atomic mass is 9.82. The van der Waals surface area contributed by atoms with Crippen molar-refractivity contribution in [3.05, 3.63) is 0 Å². The van der Waals surface area contributed by atoms with Crippen molar-refractivity contribution in [2.24, 2.45) is 5.92 Å². The third kappa shape index (κ3) is 28.0. The lowest BCUT2D eigenvalue weighted by Gasteiger charge is -2.42. The molecule has 0 aromatic rings. The van der Waals surface area contributed by atoms with Gasteiger partial charge in [0.15, 0.2) is 0 Å². The molecule has 6 heteroatoms. The van der Waals surface area contributed by atoms with Crippen molar-refractivity contribution in [1.29, 1.82) is 0 Å². The molecule has 0 aromatic heterocycles. The zero-order valence-electron chi connectivity index (χ0n) is 34.7. The van der Waals surface area contributed by atoms with Crippen LogP contribution in [0.15, 0.2) is 0 Å². The van der Waals surface area contributed by atoms with Crippen LogP contribution in [0, 0.1) is 5.92 Å². The van der Waals surface area contributed by atoms with Crippen LogP contribution >= 0.6 is 0 Å². The van der Waals surface area contributed by atoms with Crippen LogP contribution in [-0.4, -0.2) is 62.4 Å². The fourth-order valence-electron chi connectivity index (χ4n) is 8.06. The fraction of sp³-hybridized carbons (Fsp3) is 0.956. The van der Waals surface area contributed by atoms with Gasteiger partial charge in [0, 0.05) is 32.5 Å². The number of carbonyl (C=O) groups is 2. The number of nitrogens with zero attached hydrogens (tertiary/aromatic N) is 1. The minimum atomic E-state index is -0.0212. The molecule has 51 heavy (non-hydrogen) atoms. The summed E-state index contributed by atoms with van der Waals surface area (Å²) >= 11 is 0. The topological polar surface area (TPSA) is 65.1 Å². The number of piperidine rings is 1. The van der Waals surface area contributed by atoms with E-state index in [0.29, 0.717) is 31.4 Å². The first-order valence-corrected chi connectivity index (χ1v) is 22.6. The van der Waals surface area contributed by atoms with Crippen molar-refractivity contribution in [2.75, 3.05) is 33.4 Å². The summed E-state index contributed by atoms with van der Waals surface area (Å²) in [7, 11) is 1.80. The van der Waals surface area contributed by atoms with Gasteiger partial charge in [0.05, 0.1) is 13.2 Å². The predicted molar refractivity (Wildman–Crippen MR) is 216 cm³/mol. The minimum absolute atomic E-state index is 0.0212. The molecule has 2 atom stereocenters. The highest BCUT2D eigenvalue weighted by atomic mass is 16.5. The number of rotatable bonds is 37. The van der Waals surface area contributed by atoms with Crippen LogP contribution in [0.2, 0.25) is 0 Å². The molecule has 1 rings (SSSR count). The molecule has 0 spiro atoms. The van der Waals surface area contributed by atoms with Crippen LogP contribution in [0.25, 0.3) is 0 Å². The van der Waals surface area contributed by atoms with Crippen molar-refractivity contribution in [3.63, 3.8) is 0 Å².